The number of rotatable bonds is 2. The summed E-state index contributed by atoms with van der Waals surface area (Å²) in [5.41, 5.74) is 0.332. The van der Waals surface area contributed by atoms with Crippen LogP contribution in [0.2, 0.25) is 5.82 Å². The molecule has 1 heterocycles. The minimum absolute atomic E-state index is 0.0862. The molecule has 0 radical (unpaired) electrons. The summed E-state index contributed by atoms with van der Waals surface area (Å²) in [7, 11) is -1.07. The molecule has 3 nitrogen and oxygen atoms in total. The monoisotopic (exact) mass is 287 g/mol. The highest BCUT2D eigenvalue weighted by atomic mass is 32.2. The third-order valence-electron chi connectivity index (χ3n) is 2.87. The summed E-state index contributed by atoms with van der Waals surface area (Å²) in [6.45, 7) is 4.39. The van der Waals surface area contributed by atoms with E-state index in [0.29, 0.717) is 21.9 Å². The first kappa shape index (κ1) is 14.1. The van der Waals surface area contributed by atoms with Gasteiger partial charge in [-0.1, -0.05) is 43.9 Å². The highest BCUT2D eigenvalue weighted by molar-refractivity contribution is 8.23. The van der Waals surface area contributed by atoms with Crippen molar-refractivity contribution in [1.82, 2.24) is 5.32 Å². The van der Waals surface area contributed by atoms with Crippen molar-refractivity contribution in [2.75, 3.05) is 6.61 Å². The number of fused-ring (bicyclic) bond motifs is 1. The minimum Gasteiger partial charge on any atom is -0.426 e. The Kier molecular flexibility index (Phi) is 4.48. The third-order valence-corrected chi connectivity index (χ3v) is 4.05. The van der Waals surface area contributed by atoms with Gasteiger partial charge < -0.3 is 15.0 Å². The van der Waals surface area contributed by atoms with Gasteiger partial charge in [-0.15, -0.1) is 0 Å². The molecule has 2 aliphatic rings. The van der Waals surface area contributed by atoms with Crippen LogP contribution in [-0.4, -0.2) is 28.3 Å². The number of nitrogens with one attached hydrogen (secondary N) is 1. The van der Waals surface area contributed by atoms with Crippen LogP contribution in [0.1, 0.15) is 13.8 Å². The fourth-order valence-corrected chi connectivity index (χ4v) is 3.34. The molecule has 0 saturated carbocycles. The van der Waals surface area contributed by atoms with Crippen molar-refractivity contribution in [2.24, 2.45) is 5.92 Å². The lowest BCUT2D eigenvalue weighted by Gasteiger charge is -2.21. The van der Waals surface area contributed by atoms with Gasteiger partial charge in [-0.2, -0.15) is 0 Å². The number of allylic oxidation sites excluding steroid dienone is 2. The predicted octanol–water partition coefficient (Wildman–Crippen LogP) is 2.25. The second kappa shape index (κ2) is 5.73. The second-order valence-electron chi connectivity index (χ2n) is 4.61. The van der Waals surface area contributed by atoms with Crippen LogP contribution in [0.4, 0.5) is 4.39 Å². The van der Waals surface area contributed by atoms with Gasteiger partial charge in [0, 0.05) is 17.8 Å². The van der Waals surface area contributed by atoms with Crippen molar-refractivity contribution in [3.63, 3.8) is 0 Å². The summed E-state index contributed by atoms with van der Waals surface area (Å²) in [5, 5.41) is 12.8. The van der Waals surface area contributed by atoms with Crippen molar-refractivity contribution in [3.8, 4) is 0 Å². The molecule has 98 valence electrons. The summed E-state index contributed by atoms with van der Waals surface area (Å²) >= 11 is 6.60. The standard InChI is InChI=1S/C11H15BFNO2S2/c1-6(2)18-11(17)14-8-4-3-7-5-16-12(15)9(7)10(8)13/h3-4,6-7,9,15H,5H2,1-2H3,(H,14,17). The average Bonchev–Trinajstić information content (AvgIpc) is 2.64. The lowest BCUT2D eigenvalue weighted by molar-refractivity contribution is 0.287. The Balaban J connectivity index is 2.08. The molecule has 0 aromatic heterocycles. The maximum atomic E-state index is 14.2. The predicted molar refractivity (Wildman–Crippen MR) is 76.9 cm³/mol. The number of hydrogen-bond acceptors (Lipinski definition) is 4. The van der Waals surface area contributed by atoms with Crippen molar-refractivity contribution in [2.45, 2.75) is 24.9 Å². The molecule has 2 unspecified atom stereocenters. The van der Waals surface area contributed by atoms with Crippen LogP contribution in [0.25, 0.3) is 0 Å². The maximum absolute atomic E-state index is 14.2. The van der Waals surface area contributed by atoms with Gasteiger partial charge in [0.25, 0.3) is 0 Å². The van der Waals surface area contributed by atoms with Crippen molar-refractivity contribution >= 4 is 35.4 Å². The quantitative estimate of drug-likeness (QED) is 0.602. The lowest BCUT2D eigenvalue weighted by Crippen LogP contribution is -2.27. The van der Waals surface area contributed by atoms with Crippen LogP contribution in [0.3, 0.4) is 0 Å². The smallest absolute Gasteiger partial charge is 0.426 e. The van der Waals surface area contributed by atoms with Gasteiger partial charge in [0.05, 0.1) is 11.5 Å². The highest BCUT2D eigenvalue weighted by Crippen LogP contribution is 2.41. The number of hydrogen-bond donors (Lipinski definition) is 2. The van der Waals surface area contributed by atoms with Crippen LogP contribution in [0.15, 0.2) is 23.7 Å². The van der Waals surface area contributed by atoms with E-state index in [1.165, 1.54) is 11.8 Å². The fraction of sp³-hybridized carbons (Fsp3) is 0.545. The largest absolute Gasteiger partial charge is 0.465 e. The van der Waals surface area contributed by atoms with E-state index in [9.17, 15) is 9.41 Å². The second-order valence-corrected chi connectivity index (χ2v) is 6.87. The summed E-state index contributed by atoms with van der Waals surface area (Å²) < 4.78 is 19.8. The normalized spacial score (nSPS) is 26.8. The molecule has 0 amide bonds. The molecule has 1 aliphatic carbocycles. The Hall–Kier alpha value is -0.365. The first-order valence-corrected chi connectivity index (χ1v) is 7.13. The summed E-state index contributed by atoms with van der Waals surface area (Å²) in [4.78, 5) is 0. The van der Waals surface area contributed by atoms with Gasteiger partial charge in [0.2, 0.25) is 0 Å². The molecule has 0 aromatic carbocycles. The summed E-state index contributed by atoms with van der Waals surface area (Å²) in [6, 6.07) is 0. The SMILES string of the molecule is CC(C)SC(=S)NC1=C(F)C2B(O)OCC2C=C1. The Bertz CT molecular complexity index is 414. The molecule has 2 N–H and O–H groups in total. The van der Waals surface area contributed by atoms with E-state index in [2.05, 4.69) is 5.32 Å². The van der Waals surface area contributed by atoms with E-state index >= 15 is 0 Å². The Morgan fingerprint density at radius 1 is 1.72 bits per heavy atom. The lowest BCUT2D eigenvalue weighted by atomic mass is 9.66. The number of thiocarbonyl (C=S) groups is 1. The molecule has 18 heavy (non-hydrogen) atoms. The molecule has 1 fully saturated rings. The molecule has 0 spiro atoms. The zero-order valence-electron chi connectivity index (χ0n) is 10.2. The van der Waals surface area contributed by atoms with E-state index in [1.54, 1.807) is 6.08 Å². The van der Waals surface area contributed by atoms with Crippen LogP contribution in [0, 0.1) is 5.92 Å². The molecule has 2 rings (SSSR count). The zero-order chi connectivity index (χ0) is 13.3. The van der Waals surface area contributed by atoms with E-state index in [-0.39, 0.29) is 11.7 Å². The van der Waals surface area contributed by atoms with Crippen LogP contribution < -0.4 is 5.32 Å². The number of thioether (sulfide) groups is 1. The van der Waals surface area contributed by atoms with Crippen molar-refractivity contribution in [3.05, 3.63) is 23.7 Å². The third kappa shape index (κ3) is 2.96. The molecule has 1 saturated heterocycles. The minimum atomic E-state index is -1.07. The van der Waals surface area contributed by atoms with Crippen LogP contribution >= 0.6 is 24.0 Å². The molecular formula is C11H15BFNO2S2. The van der Waals surface area contributed by atoms with Gasteiger partial charge in [-0.05, 0) is 6.08 Å². The number of halogens is 1. The first-order valence-electron chi connectivity index (χ1n) is 5.84. The van der Waals surface area contributed by atoms with Gasteiger partial charge in [0.15, 0.2) is 0 Å². The van der Waals surface area contributed by atoms with Crippen LogP contribution in [0.5, 0.6) is 0 Å². The highest BCUT2D eigenvalue weighted by Gasteiger charge is 2.45. The Labute approximate surface area is 116 Å². The first-order chi connectivity index (χ1) is 8.49. The topological polar surface area (TPSA) is 41.5 Å². The van der Waals surface area contributed by atoms with Gasteiger partial charge in [0.1, 0.15) is 10.1 Å². The van der Waals surface area contributed by atoms with E-state index < -0.39 is 12.9 Å². The van der Waals surface area contributed by atoms with Crippen molar-refractivity contribution in [1.29, 1.82) is 0 Å². The summed E-state index contributed by atoms with van der Waals surface area (Å²) in [5.74, 6) is -1.07. The molecule has 7 heteroatoms. The molecular weight excluding hydrogens is 272 g/mol. The molecule has 1 aliphatic heterocycles. The molecule has 0 bridgehead atoms. The van der Waals surface area contributed by atoms with Gasteiger partial charge in [-0.3, -0.25) is 0 Å². The van der Waals surface area contributed by atoms with E-state index in [0.717, 1.165) is 0 Å². The summed E-state index contributed by atoms with van der Waals surface area (Å²) in [6.07, 6.45) is 3.53. The Morgan fingerprint density at radius 3 is 3.11 bits per heavy atom. The maximum Gasteiger partial charge on any atom is 0.465 e. The molecule has 0 aromatic rings. The average molecular weight is 287 g/mol. The van der Waals surface area contributed by atoms with Gasteiger partial charge in [-0.25, -0.2) is 4.39 Å². The zero-order valence-corrected chi connectivity index (χ0v) is 11.9. The van der Waals surface area contributed by atoms with E-state index in [4.69, 9.17) is 16.9 Å². The van der Waals surface area contributed by atoms with Gasteiger partial charge >= 0.3 is 7.12 Å². The Morgan fingerprint density at radius 2 is 2.44 bits per heavy atom. The van der Waals surface area contributed by atoms with E-state index in [1.807, 2.05) is 19.9 Å². The van der Waals surface area contributed by atoms with Crippen LogP contribution in [-0.2, 0) is 4.65 Å². The van der Waals surface area contributed by atoms with Crippen molar-refractivity contribution < 1.29 is 14.1 Å². The molecule has 2 atom stereocenters. The fourth-order valence-electron chi connectivity index (χ4n) is 2.05.